The predicted octanol–water partition coefficient (Wildman–Crippen LogP) is 2.04. The monoisotopic (exact) mass is 321 g/mol. The molecular formula is C12H13Cl2NO5. The summed E-state index contributed by atoms with van der Waals surface area (Å²) in [5.74, 6) is -3.19. The Bertz CT molecular complexity index is 459. The molecule has 0 aliphatic heterocycles. The molecule has 1 amide bonds. The van der Waals surface area contributed by atoms with Gasteiger partial charge in [-0.25, -0.2) is 4.79 Å². The molecule has 0 radical (unpaired) electrons. The molecule has 0 heterocycles. The Balaban J connectivity index is 0.000000388. The van der Waals surface area contributed by atoms with E-state index >= 15 is 0 Å². The first-order chi connectivity index (χ1) is 9.22. The van der Waals surface area contributed by atoms with Crippen LogP contribution in [0.4, 0.5) is 0 Å². The summed E-state index contributed by atoms with van der Waals surface area (Å²) in [6.07, 6.45) is -0.616. The summed E-state index contributed by atoms with van der Waals surface area (Å²) in [6, 6.07) is 5.73. The highest BCUT2D eigenvalue weighted by Crippen LogP contribution is 2.13. The molecule has 6 nitrogen and oxygen atoms in total. The molecule has 1 aromatic carbocycles. The zero-order valence-corrected chi connectivity index (χ0v) is 12.0. The number of benzene rings is 1. The number of carboxylic acid groups (broad SMARTS) is 2. The van der Waals surface area contributed by atoms with E-state index in [4.69, 9.17) is 33.4 Å². The van der Waals surface area contributed by atoms with E-state index in [9.17, 15) is 14.4 Å². The van der Waals surface area contributed by atoms with Crippen molar-refractivity contribution in [2.45, 2.75) is 19.4 Å². The topological polar surface area (TPSA) is 104 Å². The van der Waals surface area contributed by atoms with Gasteiger partial charge in [0, 0.05) is 17.0 Å². The van der Waals surface area contributed by atoms with Gasteiger partial charge < -0.3 is 15.5 Å². The van der Waals surface area contributed by atoms with Gasteiger partial charge in [0.15, 0.2) is 0 Å². The minimum Gasteiger partial charge on any atom is -0.481 e. The molecule has 0 fully saturated rings. The molecule has 20 heavy (non-hydrogen) atoms. The van der Waals surface area contributed by atoms with Gasteiger partial charge in [-0.05, 0) is 18.2 Å². The Labute approximate surface area is 125 Å². The quantitative estimate of drug-likeness (QED) is 0.787. The fraction of sp³-hybridized carbons (Fsp3) is 0.250. The van der Waals surface area contributed by atoms with Crippen molar-refractivity contribution in [3.05, 3.63) is 34.3 Å². The van der Waals surface area contributed by atoms with Crippen LogP contribution in [0.15, 0.2) is 24.3 Å². The molecule has 8 heteroatoms. The van der Waals surface area contributed by atoms with Gasteiger partial charge in [0.05, 0.1) is 6.42 Å². The lowest BCUT2D eigenvalue weighted by Crippen LogP contribution is -2.41. The van der Waals surface area contributed by atoms with E-state index in [-0.39, 0.29) is 0 Å². The molecule has 110 valence electrons. The van der Waals surface area contributed by atoms with Crippen LogP contribution in [0.5, 0.6) is 0 Å². The third-order valence-corrected chi connectivity index (χ3v) is 2.31. The van der Waals surface area contributed by atoms with Crippen molar-refractivity contribution in [2.75, 3.05) is 0 Å². The molecule has 0 saturated heterocycles. The first kappa shape index (κ1) is 18.2. The fourth-order valence-corrected chi connectivity index (χ4v) is 1.52. The minimum atomic E-state index is -1.35. The number of hydrogen-bond donors (Lipinski definition) is 3. The van der Waals surface area contributed by atoms with E-state index in [1.165, 1.54) is 0 Å². The largest absolute Gasteiger partial charge is 0.481 e. The maximum atomic E-state index is 10.4. The molecule has 3 N–H and O–H groups in total. The average molecular weight is 322 g/mol. The highest BCUT2D eigenvalue weighted by Gasteiger charge is 2.21. The minimum absolute atomic E-state index is 0.566. The van der Waals surface area contributed by atoms with Crippen LogP contribution in [-0.4, -0.2) is 34.1 Å². The zero-order valence-electron chi connectivity index (χ0n) is 10.5. The van der Waals surface area contributed by atoms with Crippen molar-refractivity contribution in [1.29, 1.82) is 0 Å². The van der Waals surface area contributed by atoms with Gasteiger partial charge >= 0.3 is 11.9 Å². The van der Waals surface area contributed by atoms with E-state index in [0.717, 1.165) is 6.92 Å². The van der Waals surface area contributed by atoms with Crippen LogP contribution >= 0.6 is 23.2 Å². The summed E-state index contributed by atoms with van der Waals surface area (Å²) >= 11 is 11.1. The summed E-state index contributed by atoms with van der Waals surface area (Å²) in [5, 5.41) is 20.0. The van der Waals surface area contributed by atoms with Crippen molar-refractivity contribution in [3.8, 4) is 0 Å². The van der Waals surface area contributed by atoms with Crippen LogP contribution < -0.4 is 5.32 Å². The van der Waals surface area contributed by atoms with Gasteiger partial charge in [0.1, 0.15) is 6.04 Å². The zero-order chi connectivity index (χ0) is 15.7. The number of aliphatic carboxylic acids is 2. The molecule has 0 unspecified atom stereocenters. The van der Waals surface area contributed by atoms with Crippen molar-refractivity contribution >= 4 is 41.0 Å². The van der Waals surface area contributed by atoms with E-state index in [2.05, 4.69) is 0 Å². The number of amides is 1. The summed E-state index contributed by atoms with van der Waals surface area (Å²) in [4.78, 5) is 30.7. The fourth-order valence-electron chi connectivity index (χ4n) is 1.08. The smallest absolute Gasteiger partial charge is 0.326 e. The lowest BCUT2D eigenvalue weighted by molar-refractivity contribution is -0.147. The van der Waals surface area contributed by atoms with Crippen molar-refractivity contribution in [1.82, 2.24) is 5.32 Å². The lowest BCUT2D eigenvalue weighted by atomic mass is 10.2. The van der Waals surface area contributed by atoms with Gasteiger partial charge in [0.2, 0.25) is 5.91 Å². The second kappa shape index (κ2) is 9.17. The van der Waals surface area contributed by atoms with Gasteiger partial charge in [-0.3, -0.25) is 9.59 Å². The van der Waals surface area contributed by atoms with Crippen molar-refractivity contribution in [3.63, 3.8) is 0 Å². The summed E-state index contributed by atoms with van der Waals surface area (Å²) in [7, 11) is 0. The number of carboxylic acids is 2. The maximum Gasteiger partial charge on any atom is 0.326 e. The molecule has 0 aromatic heterocycles. The number of halogens is 2. The highest BCUT2D eigenvalue weighted by atomic mass is 35.5. The second-order valence-corrected chi connectivity index (χ2v) is 4.50. The van der Waals surface area contributed by atoms with Gasteiger partial charge in [-0.1, -0.05) is 29.3 Å². The normalized spacial score (nSPS) is 10.8. The van der Waals surface area contributed by atoms with Crippen LogP contribution in [0, 0.1) is 0 Å². The SMILES string of the molecule is CC(=O)N[C@@H](CC(=O)O)C(=O)O.Clc1cccc(Cl)c1. The Morgan fingerprint density at radius 2 is 1.70 bits per heavy atom. The van der Waals surface area contributed by atoms with Crippen LogP contribution in [0.25, 0.3) is 0 Å². The van der Waals surface area contributed by atoms with Crippen LogP contribution in [0.2, 0.25) is 10.0 Å². The number of carbonyl (C=O) groups excluding carboxylic acids is 1. The highest BCUT2D eigenvalue weighted by molar-refractivity contribution is 6.34. The molecule has 0 aliphatic rings. The molecule has 0 bridgehead atoms. The number of hydrogen-bond acceptors (Lipinski definition) is 3. The van der Waals surface area contributed by atoms with Crippen LogP contribution in [0.1, 0.15) is 13.3 Å². The van der Waals surface area contributed by atoms with E-state index in [0.29, 0.717) is 10.0 Å². The molecular weight excluding hydrogens is 309 g/mol. The number of nitrogens with one attached hydrogen (secondary N) is 1. The van der Waals surface area contributed by atoms with Crippen LogP contribution in [-0.2, 0) is 14.4 Å². The molecule has 1 atom stereocenters. The van der Waals surface area contributed by atoms with E-state index in [1.54, 1.807) is 18.2 Å². The Hall–Kier alpha value is -1.79. The van der Waals surface area contributed by atoms with Crippen molar-refractivity contribution in [2.24, 2.45) is 0 Å². The van der Waals surface area contributed by atoms with Crippen LogP contribution in [0.3, 0.4) is 0 Å². The lowest BCUT2D eigenvalue weighted by Gasteiger charge is -2.09. The molecule has 0 aliphatic carbocycles. The molecule has 0 spiro atoms. The Kier molecular flexibility index (Phi) is 8.35. The second-order valence-electron chi connectivity index (χ2n) is 3.63. The summed E-state index contributed by atoms with van der Waals surface area (Å²) < 4.78 is 0. The van der Waals surface area contributed by atoms with E-state index in [1.807, 2.05) is 11.4 Å². The average Bonchev–Trinajstić information content (AvgIpc) is 2.27. The Morgan fingerprint density at radius 3 is 1.95 bits per heavy atom. The predicted molar refractivity (Wildman–Crippen MR) is 74.0 cm³/mol. The summed E-state index contributed by atoms with van der Waals surface area (Å²) in [5.41, 5.74) is 0. The number of rotatable bonds is 4. The molecule has 1 aromatic rings. The first-order valence-electron chi connectivity index (χ1n) is 5.35. The maximum absolute atomic E-state index is 10.4. The van der Waals surface area contributed by atoms with Crippen molar-refractivity contribution < 1.29 is 24.6 Å². The van der Waals surface area contributed by atoms with Gasteiger partial charge in [-0.2, -0.15) is 0 Å². The third-order valence-electron chi connectivity index (χ3n) is 1.84. The van der Waals surface area contributed by atoms with E-state index < -0.39 is 30.3 Å². The third kappa shape index (κ3) is 9.18. The Morgan fingerprint density at radius 1 is 1.20 bits per heavy atom. The number of carbonyl (C=O) groups is 3. The van der Waals surface area contributed by atoms with Gasteiger partial charge in [0.25, 0.3) is 0 Å². The first-order valence-corrected chi connectivity index (χ1v) is 6.10. The van der Waals surface area contributed by atoms with Gasteiger partial charge in [-0.15, -0.1) is 0 Å². The molecule has 0 saturated carbocycles. The molecule has 1 rings (SSSR count). The standard InChI is InChI=1S/C6H4Cl2.C6H9NO5/c7-5-2-1-3-6(8)4-5;1-3(8)7-4(6(11)12)2-5(9)10/h1-4H;4H,2H2,1H3,(H,7,8)(H,9,10)(H,11,12)/t;4-/m.0/s1. The summed E-state index contributed by atoms with van der Waals surface area (Å²) in [6.45, 7) is 1.12.